The number of para-hydroxylation sites is 2. The maximum absolute atomic E-state index is 11.1. The first-order valence-corrected chi connectivity index (χ1v) is 7.20. The van der Waals surface area contributed by atoms with Crippen LogP contribution in [0.25, 0.3) is 0 Å². The standard InChI is InChI=1S/C9H9NO2.C8H11NO/c11-9-10(6-7-12-9)8-4-2-1-3-5-8;10-7-6-9-8-4-2-1-3-5-8/h1-5H,6-7H2;1-5,9-10H,6-7H2. The van der Waals surface area contributed by atoms with E-state index < -0.39 is 0 Å². The molecule has 1 aliphatic heterocycles. The Morgan fingerprint density at radius 2 is 1.68 bits per heavy atom. The first kappa shape index (κ1) is 15.9. The van der Waals surface area contributed by atoms with Gasteiger partial charge in [0.2, 0.25) is 0 Å². The van der Waals surface area contributed by atoms with Crippen molar-refractivity contribution in [2.24, 2.45) is 0 Å². The second-order valence-corrected chi connectivity index (χ2v) is 4.62. The number of anilines is 2. The lowest BCUT2D eigenvalue weighted by molar-refractivity contribution is 0.181. The van der Waals surface area contributed by atoms with E-state index in [0.29, 0.717) is 19.7 Å². The van der Waals surface area contributed by atoms with Gasteiger partial charge in [-0.25, -0.2) is 4.79 Å². The highest BCUT2D eigenvalue weighted by Crippen LogP contribution is 2.17. The van der Waals surface area contributed by atoms with Crippen LogP contribution in [0.15, 0.2) is 60.7 Å². The first-order chi connectivity index (χ1) is 10.8. The van der Waals surface area contributed by atoms with Gasteiger partial charge in [-0.1, -0.05) is 36.4 Å². The van der Waals surface area contributed by atoms with Crippen molar-refractivity contribution < 1.29 is 14.6 Å². The Balaban J connectivity index is 0.000000164. The smallest absolute Gasteiger partial charge is 0.414 e. The number of carbonyl (C=O) groups is 1. The van der Waals surface area contributed by atoms with Crippen LogP contribution in [0, 0.1) is 0 Å². The van der Waals surface area contributed by atoms with Gasteiger partial charge in [0.25, 0.3) is 0 Å². The molecule has 2 N–H and O–H groups in total. The Hall–Kier alpha value is -2.53. The van der Waals surface area contributed by atoms with Crippen molar-refractivity contribution in [3.8, 4) is 0 Å². The number of hydrogen-bond acceptors (Lipinski definition) is 4. The Bertz CT molecular complexity index is 561. The quantitative estimate of drug-likeness (QED) is 0.911. The molecule has 0 atom stereocenters. The van der Waals surface area contributed by atoms with Crippen LogP contribution in [0.4, 0.5) is 16.2 Å². The predicted octanol–water partition coefficient (Wildman–Crippen LogP) is 2.73. The van der Waals surface area contributed by atoms with Crippen LogP contribution in [0.2, 0.25) is 0 Å². The van der Waals surface area contributed by atoms with Crippen LogP contribution in [0.1, 0.15) is 0 Å². The molecule has 5 heteroatoms. The van der Waals surface area contributed by atoms with Gasteiger partial charge in [0.05, 0.1) is 13.2 Å². The van der Waals surface area contributed by atoms with Crippen molar-refractivity contribution in [3.05, 3.63) is 60.7 Å². The van der Waals surface area contributed by atoms with Crippen molar-refractivity contribution in [3.63, 3.8) is 0 Å². The molecule has 22 heavy (non-hydrogen) atoms. The third kappa shape index (κ3) is 4.79. The molecule has 2 aromatic carbocycles. The fourth-order valence-electron chi connectivity index (χ4n) is 1.99. The second kappa shape index (κ2) is 8.69. The maximum Gasteiger partial charge on any atom is 0.414 e. The summed E-state index contributed by atoms with van der Waals surface area (Å²) in [5.41, 5.74) is 1.96. The minimum Gasteiger partial charge on any atom is -0.447 e. The van der Waals surface area contributed by atoms with Gasteiger partial charge in [-0.05, 0) is 24.3 Å². The van der Waals surface area contributed by atoms with Crippen molar-refractivity contribution in [2.75, 3.05) is 36.5 Å². The summed E-state index contributed by atoms with van der Waals surface area (Å²) < 4.78 is 4.81. The molecule has 1 amide bonds. The SMILES string of the molecule is O=C1OCCN1c1ccccc1.OCCNc1ccccc1. The molecule has 0 spiro atoms. The Morgan fingerprint density at radius 3 is 2.23 bits per heavy atom. The number of aliphatic hydroxyl groups is 1. The van der Waals surface area contributed by atoms with Crippen LogP contribution < -0.4 is 10.2 Å². The molecule has 116 valence electrons. The molecular formula is C17H20N2O3. The maximum atomic E-state index is 11.1. The van der Waals surface area contributed by atoms with E-state index >= 15 is 0 Å². The summed E-state index contributed by atoms with van der Waals surface area (Å²) in [5, 5.41) is 11.5. The molecule has 1 saturated heterocycles. The molecule has 1 fully saturated rings. The van der Waals surface area contributed by atoms with Crippen molar-refractivity contribution in [1.82, 2.24) is 0 Å². The normalized spacial score (nSPS) is 13.1. The van der Waals surface area contributed by atoms with Crippen LogP contribution in [0.3, 0.4) is 0 Å². The molecule has 1 heterocycles. The fraction of sp³-hybridized carbons (Fsp3) is 0.235. The molecule has 2 aromatic rings. The first-order valence-electron chi connectivity index (χ1n) is 7.20. The number of nitrogens with one attached hydrogen (secondary N) is 1. The van der Waals surface area contributed by atoms with Gasteiger partial charge >= 0.3 is 6.09 Å². The molecule has 5 nitrogen and oxygen atoms in total. The highest BCUT2D eigenvalue weighted by molar-refractivity contribution is 5.89. The van der Waals surface area contributed by atoms with Gasteiger partial charge in [0, 0.05) is 17.9 Å². The summed E-state index contributed by atoms with van der Waals surface area (Å²) in [6.07, 6.45) is -0.249. The molecule has 0 aliphatic carbocycles. The zero-order valence-electron chi connectivity index (χ0n) is 12.3. The van der Waals surface area contributed by atoms with E-state index in [2.05, 4.69) is 5.32 Å². The molecule has 0 saturated carbocycles. The van der Waals surface area contributed by atoms with Crippen LogP contribution >= 0.6 is 0 Å². The summed E-state index contributed by atoms with van der Waals surface area (Å²) in [4.78, 5) is 12.7. The molecule has 1 aliphatic rings. The summed E-state index contributed by atoms with van der Waals surface area (Å²) in [7, 11) is 0. The number of carbonyl (C=O) groups excluding carboxylic acids is 1. The lowest BCUT2D eigenvalue weighted by Gasteiger charge is -2.11. The van der Waals surface area contributed by atoms with E-state index in [1.54, 1.807) is 4.90 Å². The highest BCUT2D eigenvalue weighted by Gasteiger charge is 2.22. The summed E-state index contributed by atoms with van der Waals surface area (Å²) in [5.74, 6) is 0. The van der Waals surface area contributed by atoms with E-state index in [0.717, 1.165) is 11.4 Å². The average molecular weight is 300 g/mol. The number of benzene rings is 2. The van der Waals surface area contributed by atoms with Gasteiger partial charge in [-0.3, -0.25) is 4.90 Å². The third-order valence-corrected chi connectivity index (χ3v) is 3.04. The van der Waals surface area contributed by atoms with Gasteiger partial charge in [0.1, 0.15) is 6.61 Å². The van der Waals surface area contributed by atoms with Crippen molar-refractivity contribution >= 4 is 17.5 Å². The van der Waals surface area contributed by atoms with E-state index in [9.17, 15) is 4.79 Å². The van der Waals surface area contributed by atoms with Crippen LogP contribution in [-0.4, -0.2) is 37.5 Å². The Morgan fingerprint density at radius 1 is 1.05 bits per heavy atom. The molecule has 0 bridgehead atoms. The van der Waals surface area contributed by atoms with Gasteiger partial charge in [-0.15, -0.1) is 0 Å². The molecule has 0 aromatic heterocycles. The number of ether oxygens (including phenoxy) is 1. The lowest BCUT2D eigenvalue weighted by atomic mass is 10.3. The Kier molecular flexibility index (Phi) is 6.26. The van der Waals surface area contributed by atoms with Crippen LogP contribution in [-0.2, 0) is 4.74 Å². The number of amides is 1. The summed E-state index contributed by atoms with van der Waals surface area (Å²) in [6, 6.07) is 19.3. The third-order valence-electron chi connectivity index (χ3n) is 3.04. The molecule has 3 rings (SSSR count). The zero-order valence-corrected chi connectivity index (χ0v) is 12.3. The Labute approximate surface area is 130 Å². The minimum atomic E-state index is -0.249. The largest absolute Gasteiger partial charge is 0.447 e. The number of cyclic esters (lactones) is 1. The van der Waals surface area contributed by atoms with Crippen molar-refractivity contribution in [2.45, 2.75) is 0 Å². The second-order valence-electron chi connectivity index (χ2n) is 4.62. The number of aliphatic hydroxyl groups excluding tert-OH is 1. The van der Waals surface area contributed by atoms with Gasteiger partial charge in [0.15, 0.2) is 0 Å². The van der Waals surface area contributed by atoms with E-state index in [-0.39, 0.29) is 12.7 Å². The van der Waals surface area contributed by atoms with E-state index in [1.165, 1.54) is 0 Å². The lowest BCUT2D eigenvalue weighted by Crippen LogP contribution is -2.22. The minimum absolute atomic E-state index is 0.175. The van der Waals surface area contributed by atoms with E-state index in [1.807, 2.05) is 60.7 Å². The predicted molar refractivity (Wildman–Crippen MR) is 87.2 cm³/mol. The van der Waals surface area contributed by atoms with Crippen molar-refractivity contribution in [1.29, 1.82) is 0 Å². The number of rotatable bonds is 4. The van der Waals surface area contributed by atoms with Crippen LogP contribution in [0.5, 0.6) is 0 Å². The highest BCUT2D eigenvalue weighted by atomic mass is 16.6. The molecule has 0 radical (unpaired) electrons. The van der Waals surface area contributed by atoms with E-state index in [4.69, 9.17) is 9.84 Å². The molecular weight excluding hydrogens is 280 g/mol. The monoisotopic (exact) mass is 300 g/mol. The zero-order chi connectivity index (χ0) is 15.6. The number of hydrogen-bond donors (Lipinski definition) is 2. The van der Waals surface area contributed by atoms with Gasteiger partial charge < -0.3 is 15.2 Å². The summed E-state index contributed by atoms with van der Waals surface area (Å²) in [6.45, 7) is 1.94. The van der Waals surface area contributed by atoms with Gasteiger partial charge in [-0.2, -0.15) is 0 Å². The topological polar surface area (TPSA) is 61.8 Å². The number of nitrogens with zero attached hydrogens (tertiary/aromatic N) is 1. The molecule has 0 unspecified atom stereocenters. The average Bonchev–Trinajstić information content (AvgIpc) is 3.01. The summed E-state index contributed by atoms with van der Waals surface area (Å²) >= 11 is 0. The fourth-order valence-corrected chi connectivity index (χ4v) is 1.99.